The van der Waals surface area contributed by atoms with Gasteiger partial charge in [-0.3, -0.25) is 4.90 Å². The first-order chi connectivity index (χ1) is 9.22. The van der Waals surface area contributed by atoms with E-state index in [0.717, 1.165) is 30.5 Å². The van der Waals surface area contributed by atoms with Crippen molar-refractivity contribution < 1.29 is 0 Å². The molecule has 0 aliphatic heterocycles. The van der Waals surface area contributed by atoms with Gasteiger partial charge < -0.3 is 5.73 Å². The molecule has 2 nitrogen and oxygen atoms in total. The van der Waals surface area contributed by atoms with Gasteiger partial charge in [0.2, 0.25) is 0 Å². The molecule has 0 spiro atoms. The van der Waals surface area contributed by atoms with Gasteiger partial charge in [0.1, 0.15) is 0 Å². The molecule has 0 amide bonds. The van der Waals surface area contributed by atoms with Crippen molar-refractivity contribution in [2.45, 2.75) is 83.7 Å². The molecule has 19 heavy (non-hydrogen) atoms. The molecule has 0 heterocycles. The number of nitrogens with zero attached hydrogens (tertiary/aromatic N) is 1. The third kappa shape index (κ3) is 4.19. The number of nitrogens with two attached hydrogens (primary N) is 1. The molecule has 2 fully saturated rings. The zero-order chi connectivity index (χ0) is 13.7. The third-order valence-corrected chi connectivity index (χ3v) is 5.22. The van der Waals surface area contributed by atoms with E-state index >= 15 is 0 Å². The van der Waals surface area contributed by atoms with Crippen LogP contribution < -0.4 is 5.73 Å². The summed E-state index contributed by atoms with van der Waals surface area (Å²) in [6, 6.07) is 1.64. The van der Waals surface area contributed by atoms with Gasteiger partial charge in [-0.25, -0.2) is 0 Å². The van der Waals surface area contributed by atoms with Crippen LogP contribution in [0.2, 0.25) is 0 Å². The van der Waals surface area contributed by atoms with Crippen LogP contribution in [0.15, 0.2) is 0 Å². The monoisotopic (exact) mass is 266 g/mol. The molecule has 0 radical (unpaired) electrons. The van der Waals surface area contributed by atoms with Crippen molar-refractivity contribution >= 4 is 0 Å². The minimum atomic E-state index is 0.752. The van der Waals surface area contributed by atoms with E-state index in [4.69, 9.17) is 5.73 Å². The normalized spacial score (nSPS) is 30.2. The van der Waals surface area contributed by atoms with Crippen molar-refractivity contribution in [3.8, 4) is 0 Å². The van der Waals surface area contributed by atoms with Crippen LogP contribution in [0.25, 0.3) is 0 Å². The zero-order valence-electron chi connectivity index (χ0n) is 13.1. The second kappa shape index (κ2) is 7.64. The molecule has 2 heteroatoms. The highest BCUT2D eigenvalue weighted by molar-refractivity contribution is 4.89. The summed E-state index contributed by atoms with van der Waals surface area (Å²) in [7, 11) is 0. The van der Waals surface area contributed by atoms with E-state index in [1.165, 1.54) is 64.3 Å². The molecule has 0 aromatic heterocycles. The molecule has 0 aromatic rings. The summed E-state index contributed by atoms with van der Waals surface area (Å²) in [6.45, 7) is 6.92. The van der Waals surface area contributed by atoms with E-state index in [0.29, 0.717) is 0 Å². The van der Waals surface area contributed by atoms with E-state index in [1.807, 2.05) is 0 Å². The van der Waals surface area contributed by atoms with Crippen LogP contribution in [0.3, 0.4) is 0 Å². The molecule has 2 atom stereocenters. The molecule has 2 saturated carbocycles. The summed E-state index contributed by atoms with van der Waals surface area (Å²) in [5, 5.41) is 0. The quantitative estimate of drug-likeness (QED) is 0.767. The Hall–Kier alpha value is -0.0800. The molecule has 2 aliphatic carbocycles. The lowest BCUT2D eigenvalue weighted by Gasteiger charge is -2.41. The summed E-state index contributed by atoms with van der Waals surface area (Å²) in [5.41, 5.74) is 6.10. The Labute approximate surface area is 120 Å². The fourth-order valence-electron chi connectivity index (χ4n) is 4.29. The Morgan fingerprint density at radius 1 is 0.947 bits per heavy atom. The number of hydrogen-bond acceptors (Lipinski definition) is 2. The average Bonchev–Trinajstić information content (AvgIpc) is 2.80. The van der Waals surface area contributed by atoms with Crippen LogP contribution in [0.5, 0.6) is 0 Å². The van der Waals surface area contributed by atoms with Gasteiger partial charge in [0.15, 0.2) is 0 Å². The molecule has 2 rings (SSSR count). The van der Waals surface area contributed by atoms with Crippen LogP contribution in [0.1, 0.15) is 71.6 Å². The van der Waals surface area contributed by atoms with Crippen LogP contribution in [-0.2, 0) is 0 Å². The lowest BCUT2D eigenvalue weighted by molar-refractivity contribution is 0.0759. The van der Waals surface area contributed by atoms with E-state index in [-0.39, 0.29) is 0 Å². The van der Waals surface area contributed by atoms with Crippen molar-refractivity contribution in [1.82, 2.24) is 4.90 Å². The van der Waals surface area contributed by atoms with E-state index in [2.05, 4.69) is 18.7 Å². The van der Waals surface area contributed by atoms with Gasteiger partial charge in [0, 0.05) is 18.6 Å². The predicted molar refractivity (Wildman–Crippen MR) is 83.2 cm³/mol. The minimum absolute atomic E-state index is 0.752. The summed E-state index contributed by atoms with van der Waals surface area (Å²) in [5.74, 6) is 1.53. The van der Waals surface area contributed by atoms with Gasteiger partial charge in [0.05, 0.1) is 0 Å². The van der Waals surface area contributed by atoms with Crippen molar-refractivity contribution in [3.05, 3.63) is 0 Å². The summed E-state index contributed by atoms with van der Waals surface area (Å²) < 4.78 is 0. The Morgan fingerprint density at radius 2 is 1.58 bits per heavy atom. The molecule has 0 aromatic carbocycles. The fourth-order valence-corrected chi connectivity index (χ4v) is 4.29. The summed E-state index contributed by atoms with van der Waals surface area (Å²) in [4.78, 5) is 2.89. The van der Waals surface area contributed by atoms with E-state index < -0.39 is 0 Å². The Bertz CT molecular complexity index is 246. The standard InChI is InChI=1S/C17H34N2/c1-14(2)13-19(16-9-6-7-10-16)17-11-5-3-4-8-15(17)12-18/h14-17H,3-13,18H2,1-2H3. The highest BCUT2D eigenvalue weighted by Gasteiger charge is 2.33. The lowest BCUT2D eigenvalue weighted by Crippen LogP contribution is -2.49. The fraction of sp³-hybridized carbons (Fsp3) is 1.00. The van der Waals surface area contributed by atoms with Gasteiger partial charge >= 0.3 is 0 Å². The average molecular weight is 266 g/mol. The first-order valence-corrected chi connectivity index (χ1v) is 8.68. The second-order valence-corrected chi connectivity index (χ2v) is 7.23. The van der Waals surface area contributed by atoms with Gasteiger partial charge in [-0.05, 0) is 44.1 Å². The van der Waals surface area contributed by atoms with E-state index in [1.54, 1.807) is 0 Å². The van der Waals surface area contributed by atoms with Crippen molar-refractivity contribution in [2.75, 3.05) is 13.1 Å². The van der Waals surface area contributed by atoms with Crippen molar-refractivity contribution in [1.29, 1.82) is 0 Å². The van der Waals surface area contributed by atoms with Gasteiger partial charge in [-0.15, -0.1) is 0 Å². The smallest absolute Gasteiger partial charge is 0.0139 e. The van der Waals surface area contributed by atoms with Crippen molar-refractivity contribution in [3.63, 3.8) is 0 Å². The van der Waals surface area contributed by atoms with Gasteiger partial charge in [-0.2, -0.15) is 0 Å². The molecule has 112 valence electrons. The molecule has 2 N–H and O–H groups in total. The predicted octanol–water partition coefficient (Wildman–Crippen LogP) is 3.79. The Balaban J connectivity index is 2.08. The highest BCUT2D eigenvalue weighted by atomic mass is 15.2. The number of hydrogen-bond donors (Lipinski definition) is 1. The molecule has 0 bridgehead atoms. The molecule has 0 saturated heterocycles. The van der Waals surface area contributed by atoms with Crippen molar-refractivity contribution in [2.24, 2.45) is 17.6 Å². The van der Waals surface area contributed by atoms with Gasteiger partial charge in [-0.1, -0.05) is 46.0 Å². The van der Waals surface area contributed by atoms with Crippen LogP contribution in [-0.4, -0.2) is 30.1 Å². The molecular weight excluding hydrogens is 232 g/mol. The maximum absolute atomic E-state index is 6.10. The maximum Gasteiger partial charge on any atom is 0.0139 e. The third-order valence-electron chi connectivity index (χ3n) is 5.22. The van der Waals surface area contributed by atoms with E-state index in [9.17, 15) is 0 Å². The molecule has 2 unspecified atom stereocenters. The largest absolute Gasteiger partial charge is 0.330 e. The first kappa shape index (κ1) is 15.3. The van der Waals surface area contributed by atoms with Gasteiger partial charge in [0.25, 0.3) is 0 Å². The summed E-state index contributed by atoms with van der Waals surface area (Å²) in [6.07, 6.45) is 12.8. The van der Waals surface area contributed by atoms with Crippen LogP contribution in [0, 0.1) is 11.8 Å². The summed E-state index contributed by atoms with van der Waals surface area (Å²) >= 11 is 0. The topological polar surface area (TPSA) is 29.3 Å². The molecule has 2 aliphatic rings. The minimum Gasteiger partial charge on any atom is -0.330 e. The highest BCUT2D eigenvalue weighted by Crippen LogP contribution is 2.33. The zero-order valence-corrected chi connectivity index (χ0v) is 13.1. The molecular formula is C17H34N2. The Kier molecular flexibility index (Phi) is 6.15. The first-order valence-electron chi connectivity index (χ1n) is 8.68. The second-order valence-electron chi connectivity index (χ2n) is 7.23. The Morgan fingerprint density at radius 3 is 2.21 bits per heavy atom. The SMILES string of the molecule is CC(C)CN(C1CCCC1)C1CCCCCC1CN. The van der Waals surface area contributed by atoms with Crippen LogP contribution in [0.4, 0.5) is 0 Å². The lowest BCUT2D eigenvalue weighted by atomic mass is 9.91. The number of rotatable bonds is 5. The maximum atomic E-state index is 6.10. The van der Waals surface area contributed by atoms with Crippen LogP contribution >= 0.6 is 0 Å².